The molecule has 0 radical (unpaired) electrons. The molecule has 1 aromatic carbocycles. The minimum Gasteiger partial charge on any atom is -0.371 e. The Bertz CT molecular complexity index is 896. The zero-order valence-corrected chi connectivity index (χ0v) is 17.8. The van der Waals surface area contributed by atoms with E-state index in [1.165, 1.54) is 35.0 Å². The van der Waals surface area contributed by atoms with Crippen LogP contribution in [0, 0.1) is 11.8 Å². The smallest absolute Gasteiger partial charge is 0.344 e. The standard InChI is InChI=1S/C21H25Cl2N5O/c22-18-4-3-15(20(7-18)26-5-1-2-6-26)9-25-10-16-12-27(13-17(16)11-25)21(29)28-14-19(23)8-24-28/h3-4,7-8,14,16-17H,1-2,5-6,9-13H2. The summed E-state index contributed by atoms with van der Waals surface area (Å²) in [6.45, 7) is 6.81. The molecule has 3 fully saturated rings. The summed E-state index contributed by atoms with van der Waals surface area (Å²) in [6, 6.07) is 6.23. The van der Waals surface area contributed by atoms with Gasteiger partial charge >= 0.3 is 6.03 Å². The molecule has 29 heavy (non-hydrogen) atoms. The normalized spacial score (nSPS) is 24.5. The molecule has 1 amide bonds. The molecule has 6 nitrogen and oxygen atoms in total. The Morgan fingerprint density at radius 1 is 1.03 bits per heavy atom. The molecule has 0 aliphatic carbocycles. The molecule has 0 bridgehead atoms. The van der Waals surface area contributed by atoms with Gasteiger partial charge in [0.05, 0.1) is 17.4 Å². The highest BCUT2D eigenvalue weighted by Crippen LogP contribution is 2.34. The average molecular weight is 434 g/mol. The van der Waals surface area contributed by atoms with Crippen LogP contribution in [0.25, 0.3) is 0 Å². The largest absolute Gasteiger partial charge is 0.371 e. The fourth-order valence-electron chi connectivity index (χ4n) is 5.09. The van der Waals surface area contributed by atoms with E-state index in [9.17, 15) is 4.79 Å². The summed E-state index contributed by atoms with van der Waals surface area (Å²) in [7, 11) is 0. The first-order chi connectivity index (χ1) is 14.1. The van der Waals surface area contributed by atoms with Crippen molar-refractivity contribution in [3.8, 4) is 0 Å². The van der Waals surface area contributed by atoms with Crippen LogP contribution in [0.1, 0.15) is 18.4 Å². The van der Waals surface area contributed by atoms with Gasteiger partial charge in [0, 0.05) is 56.5 Å². The number of benzene rings is 1. The number of amides is 1. The number of anilines is 1. The van der Waals surface area contributed by atoms with E-state index in [4.69, 9.17) is 23.2 Å². The molecule has 2 unspecified atom stereocenters. The highest BCUT2D eigenvalue weighted by atomic mass is 35.5. The zero-order chi connectivity index (χ0) is 20.0. The lowest BCUT2D eigenvalue weighted by Gasteiger charge is -2.26. The van der Waals surface area contributed by atoms with Gasteiger partial charge in [-0.05, 0) is 42.4 Å². The number of carbonyl (C=O) groups excluding carboxylic acids is 1. The number of aromatic nitrogens is 2. The summed E-state index contributed by atoms with van der Waals surface area (Å²) in [4.78, 5) is 19.5. The lowest BCUT2D eigenvalue weighted by Crippen LogP contribution is -2.36. The molecule has 8 heteroatoms. The highest BCUT2D eigenvalue weighted by molar-refractivity contribution is 6.31. The first-order valence-electron chi connectivity index (χ1n) is 10.3. The number of halogens is 2. The minimum atomic E-state index is -0.0770. The van der Waals surface area contributed by atoms with Gasteiger partial charge in [-0.15, -0.1) is 0 Å². The van der Waals surface area contributed by atoms with Crippen LogP contribution >= 0.6 is 23.2 Å². The van der Waals surface area contributed by atoms with E-state index in [1.807, 2.05) is 11.0 Å². The molecule has 0 saturated carbocycles. The molecule has 3 aliphatic heterocycles. The third-order valence-electron chi connectivity index (χ3n) is 6.47. The van der Waals surface area contributed by atoms with E-state index >= 15 is 0 Å². The zero-order valence-electron chi connectivity index (χ0n) is 16.3. The molecule has 1 aromatic heterocycles. The lowest BCUT2D eigenvalue weighted by atomic mass is 10.0. The first kappa shape index (κ1) is 19.2. The second-order valence-electron chi connectivity index (χ2n) is 8.47. The first-order valence-corrected chi connectivity index (χ1v) is 11.1. The Balaban J connectivity index is 1.23. The van der Waals surface area contributed by atoms with Gasteiger partial charge in [0.2, 0.25) is 0 Å². The Kier molecular flexibility index (Phi) is 5.18. The Morgan fingerprint density at radius 3 is 2.41 bits per heavy atom. The molecule has 154 valence electrons. The van der Waals surface area contributed by atoms with Crippen LogP contribution in [-0.2, 0) is 6.54 Å². The van der Waals surface area contributed by atoms with Crippen LogP contribution in [-0.4, -0.2) is 64.9 Å². The fraction of sp³-hybridized carbons (Fsp3) is 0.524. The number of fused-ring (bicyclic) bond motifs is 1. The minimum absolute atomic E-state index is 0.0770. The SMILES string of the molecule is O=C(N1CC2CN(Cc3ccc(Cl)cc3N3CCCC3)CC2C1)n1cc(Cl)cn1. The van der Waals surface area contributed by atoms with Crippen molar-refractivity contribution in [2.75, 3.05) is 44.2 Å². The van der Waals surface area contributed by atoms with Crippen molar-refractivity contribution < 1.29 is 4.79 Å². The third-order valence-corrected chi connectivity index (χ3v) is 6.90. The molecule has 3 saturated heterocycles. The Morgan fingerprint density at radius 2 is 1.76 bits per heavy atom. The van der Waals surface area contributed by atoms with Crippen LogP contribution in [0.3, 0.4) is 0 Å². The summed E-state index contributed by atoms with van der Waals surface area (Å²) >= 11 is 12.2. The van der Waals surface area contributed by atoms with Crippen molar-refractivity contribution in [2.24, 2.45) is 11.8 Å². The van der Waals surface area contributed by atoms with Gasteiger partial charge in [0.15, 0.2) is 0 Å². The maximum atomic E-state index is 12.6. The molecular formula is C21H25Cl2N5O. The van der Waals surface area contributed by atoms with Gasteiger partial charge in [0.25, 0.3) is 0 Å². The van der Waals surface area contributed by atoms with Crippen molar-refractivity contribution in [1.82, 2.24) is 19.6 Å². The number of carbonyl (C=O) groups is 1. The van der Waals surface area contributed by atoms with Crippen molar-refractivity contribution >= 4 is 34.9 Å². The van der Waals surface area contributed by atoms with Crippen molar-refractivity contribution in [3.05, 3.63) is 46.2 Å². The topological polar surface area (TPSA) is 44.6 Å². The lowest BCUT2D eigenvalue weighted by molar-refractivity contribution is 0.197. The van der Waals surface area contributed by atoms with E-state index < -0.39 is 0 Å². The monoisotopic (exact) mass is 433 g/mol. The van der Waals surface area contributed by atoms with Crippen LogP contribution in [0.4, 0.5) is 10.5 Å². The van der Waals surface area contributed by atoms with Crippen molar-refractivity contribution in [2.45, 2.75) is 19.4 Å². The van der Waals surface area contributed by atoms with Crippen molar-refractivity contribution in [3.63, 3.8) is 0 Å². The van der Waals surface area contributed by atoms with E-state index in [1.54, 1.807) is 6.20 Å². The summed E-state index contributed by atoms with van der Waals surface area (Å²) in [5, 5.41) is 5.34. The van der Waals surface area contributed by atoms with Gasteiger partial charge in [-0.1, -0.05) is 29.3 Å². The predicted octanol–water partition coefficient (Wildman–Crippen LogP) is 3.82. The second-order valence-corrected chi connectivity index (χ2v) is 9.34. The van der Waals surface area contributed by atoms with E-state index in [2.05, 4.69) is 27.0 Å². The van der Waals surface area contributed by atoms with Crippen molar-refractivity contribution in [1.29, 1.82) is 0 Å². The summed E-state index contributed by atoms with van der Waals surface area (Å²) in [6.07, 6.45) is 5.59. The fourth-order valence-corrected chi connectivity index (χ4v) is 5.39. The summed E-state index contributed by atoms with van der Waals surface area (Å²) in [5.41, 5.74) is 2.65. The molecule has 2 atom stereocenters. The molecule has 0 spiro atoms. The molecule has 4 heterocycles. The molecular weight excluding hydrogens is 409 g/mol. The predicted molar refractivity (Wildman–Crippen MR) is 115 cm³/mol. The quantitative estimate of drug-likeness (QED) is 0.737. The second kappa shape index (κ2) is 7.82. The average Bonchev–Trinajstić information content (AvgIpc) is 3.46. The summed E-state index contributed by atoms with van der Waals surface area (Å²) in [5.74, 6) is 1.04. The van der Waals surface area contributed by atoms with E-state index in [0.717, 1.165) is 50.8 Å². The van der Waals surface area contributed by atoms with Gasteiger partial charge in [-0.2, -0.15) is 9.78 Å². The van der Waals surface area contributed by atoms with Gasteiger partial charge in [-0.3, -0.25) is 4.90 Å². The summed E-state index contributed by atoms with van der Waals surface area (Å²) < 4.78 is 1.34. The number of likely N-dealkylation sites (tertiary alicyclic amines) is 2. The molecule has 0 N–H and O–H groups in total. The highest BCUT2D eigenvalue weighted by Gasteiger charge is 2.42. The van der Waals surface area contributed by atoms with Crippen LogP contribution in [0.15, 0.2) is 30.6 Å². The maximum Gasteiger partial charge on any atom is 0.344 e. The number of rotatable bonds is 3. The number of nitrogens with zero attached hydrogens (tertiary/aromatic N) is 5. The number of hydrogen-bond acceptors (Lipinski definition) is 4. The maximum absolute atomic E-state index is 12.6. The van der Waals surface area contributed by atoms with Crippen LogP contribution < -0.4 is 4.90 Å². The molecule has 3 aliphatic rings. The Labute approximate surface area is 181 Å². The van der Waals surface area contributed by atoms with Crippen LogP contribution in [0.2, 0.25) is 10.0 Å². The number of hydrogen-bond donors (Lipinski definition) is 0. The molecule has 5 rings (SSSR count). The van der Waals surface area contributed by atoms with E-state index in [0.29, 0.717) is 16.9 Å². The van der Waals surface area contributed by atoms with Gasteiger partial charge in [-0.25, -0.2) is 4.79 Å². The molecule has 2 aromatic rings. The van der Waals surface area contributed by atoms with Gasteiger partial charge in [0.1, 0.15) is 0 Å². The third kappa shape index (κ3) is 3.86. The van der Waals surface area contributed by atoms with Crippen LogP contribution in [0.5, 0.6) is 0 Å². The van der Waals surface area contributed by atoms with Gasteiger partial charge < -0.3 is 9.80 Å². The Hall–Kier alpha value is -1.76. The van der Waals surface area contributed by atoms with E-state index in [-0.39, 0.29) is 6.03 Å².